The van der Waals surface area contributed by atoms with Crippen LogP contribution in [0.15, 0.2) is 274 Å². The van der Waals surface area contributed by atoms with Crippen molar-refractivity contribution in [1.82, 2.24) is 24.9 Å². The SMILES string of the molecule is Cc1cc[c-]c(-c2ccc(-c3ccccc3-c3cc(-c4ccccc4-c4ccc(-c5[c-]ccc(C)c5)nc4)cc(-c4ccccc4-c4cnc(-c5[c-]ccc(N(c6ccccc6)c6cccc(-c7ccccn7)c6)c5)nc4)c3)cn2)c1.[Ir+3]. The molecule has 6 nitrogen and oxygen atoms in total. The van der Waals surface area contributed by atoms with E-state index in [2.05, 4.69) is 242 Å². The number of para-hydroxylation sites is 1. The van der Waals surface area contributed by atoms with Crippen molar-refractivity contribution in [3.8, 4) is 112 Å². The van der Waals surface area contributed by atoms with E-state index in [9.17, 15) is 0 Å². The predicted octanol–water partition coefficient (Wildman–Crippen LogP) is 18.8. The van der Waals surface area contributed by atoms with Crippen molar-refractivity contribution in [1.29, 1.82) is 0 Å². The van der Waals surface area contributed by atoms with Crippen LogP contribution in [0.5, 0.6) is 0 Å². The van der Waals surface area contributed by atoms with Crippen LogP contribution in [-0.2, 0) is 20.1 Å². The normalized spacial score (nSPS) is 11.0. The van der Waals surface area contributed by atoms with Gasteiger partial charge in [-0.15, -0.1) is 101 Å². The molecule has 0 spiro atoms. The van der Waals surface area contributed by atoms with Crippen molar-refractivity contribution < 1.29 is 20.1 Å². The summed E-state index contributed by atoms with van der Waals surface area (Å²) in [6.45, 7) is 4.18. The zero-order valence-electron chi connectivity index (χ0n) is 45.0. The van der Waals surface area contributed by atoms with Crippen LogP contribution in [-0.4, -0.2) is 24.9 Å². The number of nitrogens with zero attached hydrogens (tertiary/aromatic N) is 6. The van der Waals surface area contributed by atoms with Gasteiger partial charge in [0.05, 0.1) is 11.5 Å². The third kappa shape index (κ3) is 11.1. The van der Waals surface area contributed by atoms with Crippen molar-refractivity contribution in [2.24, 2.45) is 0 Å². The first kappa shape index (κ1) is 52.6. The number of aryl methyl sites for hydroxylation is 2. The summed E-state index contributed by atoms with van der Waals surface area (Å²) in [6.07, 6.45) is 9.64. The van der Waals surface area contributed by atoms with Crippen molar-refractivity contribution in [3.05, 3.63) is 303 Å². The van der Waals surface area contributed by atoms with E-state index in [0.717, 1.165) is 123 Å². The molecule has 0 amide bonds. The van der Waals surface area contributed by atoms with E-state index in [0.29, 0.717) is 5.82 Å². The average molecular weight is 1230 g/mol. The van der Waals surface area contributed by atoms with Gasteiger partial charge in [0.2, 0.25) is 0 Å². The molecule has 0 fully saturated rings. The molecule has 82 heavy (non-hydrogen) atoms. The number of anilines is 3. The maximum atomic E-state index is 5.05. The molecule has 4 aromatic heterocycles. The molecule has 7 heteroatoms. The number of benzene rings is 9. The molecule has 0 N–H and O–H groups in total. The molecule has 0 saturated carbocycles. The minimum absolute atomic E-state index is 0. The van der Waals surface area contributed by atoms with E-state index in [4.69, 9.17) is 19.9 Å². The van der Waals surface area contributed by atoms with Crippen molar-refractivity contribution in [3.63, 3.8) is 0 Å². The van der Waals surface area contributed by atoms with E-state index in [1.807, 2.05) is 73.4 Å². The van der Waals surface area contributed by atoms with Crippen LogP contribution in [0.2, 0.25) is 0 Å². The molecule has 4 heterocycles. The largest absolute Gasteiger partial charge is 3.00 e. The van der Waals surface area contributed by atoms with E-state index in [1.54, 1.807) is 0 Å². The Morgan fingerprint density at radius 1 is 0.293 bits per heavy atom. The second-order valence-corrected chi connectivity index (χ2v) is 20.1. The van der Waals surface area contributed by atoms with Gasteiger partial charge in [-0.1, -0.05) is 147 Å². The van der Waals surface area contributed by atoms with E-state index < -0.39 is 0 Å². The van der Waals surface area contributed by atoms with Crippen molar-refractivity contribution >= 4 is 17.1 Å². The monoisotopic (exact) mass is 1230 g/mol. The molecule has 9 aromatic carbocycles. The number of rotatable bonds is 13. The van der Waals surface area contributed by atoms with Crippen LogP contribution in [0.1, 0.15) is 11.1 Å². The molecule has 0 aliphatic rings. The first-order chi connectivity index (χ1) is 40.0. The number of aromatic nitrogens is 5. The van der Waals surface area contributed by atoms with Crippen LogP contribution in [0, 0.1) is 32.0 Å². The first-order valence-electron chi connectivity index (χ1n) is 27.0. The third-order valence-electron chi connectivity index (χ3n) is 14.6. The van der Waals surface area contributed by atoms with Gasteiger partial charge in [0.15, 0.2) is 0 Å². The topological polar surface area (TPSA) is 67.7 Å². The van der Waals surface area contributed by atoms with E-state index >= 15 is 0 Å². The van der Waals surface area contributed by atoms with Gasteiger partial charge in [-0.3, -0.25) is 15.0 Å². The minimum atomic E-state index is 0. The summed E-state index contributed by atoms with van der Waals surface area (Å²) < 4.78 is 0. The molecule has 13 rings (SSSR count). The van der Waals surface area contributed by atoms with Crippen LogP contribution in [0.3, 0.4) is 0 Å². The molecule has 0 saturated heterocycles. The summed E-state index contributed by atoms with van der Waals surface area (Å²) in [6, 6.07) is 94.6. The fourth-order valence-corrected chi connectivity index (χ4v) is 10.6. The second kappa shape index (κ2) is 23.7. The maximum Gasteiger partial charge on any atom is 3.00 e. The summed E-state index contributed by atoms with van der Waals surface area (Å²) in [7, 11) is 0. The molecule has 0 unspecified atom stereocenters. The summed E-state index contributed by atoms with van der Waals surface area (Å²) in [5.41, 5.74) is 24.3. The fraction of sp³-hybridized carbons (Fsp3) is 0.0267. The summed E-state index contributed by atoms with van der Waals surface area (Å²) in [5.74, 6) is 0.574. The Morgan fingerprint density at radius 2 is 0.744 bits per heavy atom. The molecule has 390 valence electrons. The summed E-state index contributed by atoms with van der Waals surface area (Å²) >= 11 is 0. The van der Waals surface area contributed by atoms with Crippen LogP contribution in [0.4, 0.5) is 17.1 Å². The molecule has 0 radical (unpaired) electrons. The van der Waals surface area contributed by atoms with Gasteiger partial charge in [-0.05, 0) is 133 Å². The van der Waals surface area contributed by atoms with Crippen LogP contribution < -0.4 is 4.90 Å². The molecule has 0 atom stereocenters. The Kier molecular flexibility index (Phi) is 15.2. The Morgan fingerprint density at radius 3 is 1.24 bits per heavy atom. The molecule has 0 bridgehead atoms. The van der Waals surface area contributed by atoms with Gasteiger partial charge in [-0.2, -0.15) is 0 Å². The Hall–Kier alpha value is -10.0. The molecular formula is C75H51IrN6. The van der Waals surface area contributed by atoms with Gasteiger partial charge in [-0.25, -0.2) is 0 Å². The van der Waals surface area contributed by atoms with Gasteiger partial charge in [0.25, 0.3) is 0 Å². The van der Waals surface area contributed by atoms with Gasteiger partial charge < -0.3 is 14.9 Å². The Balaban J connectivity index is 0.00000665. The summed E-state index contributed by atoms with van der Waals surface area (Å²) in [4.78, 5) is 26.9. The van der Waals surface area contributed by atoms with Crippen LogP contribution in [0.25, 0.3) is 112 Å². The predicted molar refractivity (Wildman–Crippen MR) is 330 cm³/mol. The Labute approximate surface area is 492 Å². The third-order valence-corrected chi connectivity index (χ3v) is 14.6. The zero-order chi connectivity index (χ0) is 54.5. The molecular weight excluding hydrogens is 1180 g/mol. The van der Waals surface area contributed by atoms with E-state index in [1.165, 1.54) is 11.1 Å². The standard InChI is InChI=1S/C75H51N6.Ir/c1-51-18-14-20-53(40-51)73-37-35-57(47-77-73)66-28-6-8-30-68(66)59-42-60(69-31-9-7-29-67(69)58-36-38-74(78-48-58)54-21-15-19-52(2)41-54)44-61(43-59)70-32-10-11-33-71(70)62-49-79-75(80-50-62)56-23-17-27-65(46-56)81(63-24-4-3-5-25-63)64-26-16-22-55(45-64)72-34-12-13-39-76-72;/h3-19,22,24-50H,1-2H3;/q-3;+3. The first-order valence-corrected chi connectivity index (χ1v) is 27.0. The summed E-state index contributed by atoms with van der Waals surface area (Å²) in [5, 5.41) is 0. The number of hydrogen-bond donors (Lipinski definition) is 0. The quantitative estimate of drug-likeness (QED) is 0.107. The average Bonchev–Trinajstić information content (AvgIpc) is 3.54. The minimum Gasteiger partial charge on any atom is -0.328 e. The van der Waals surface area contributed by atoms with Crippen molar-refractivity contribution in [2.45, 2.75) is 13.8 Å². The molecule has 13 aromatic rings. The van der Waals surface area contributed by atoms with Crippen molar-refractivity contribution in [2.75, 3.05) is 4.90 Å². The van der Waals surface area contributed by atoms with E-state index in [-0.39, 0.29) is 20.1 Å². The van der Waals surface area contributed by atoms with Gasteiger partial charge >= 0.3 is 20.1 Å². The fourth-order valence-electron chi connectivity index (χ4n) is 10.6. The smallest absolute Gasteiger partial charge is 0.328 e. The maximum absolute atomic E-state index is 5.05. The van der Waals surface area contributed by atoms with Gasteiger partial charge in [0.1, 0.15) is 0 Å². The van der Waals surface area contributed by atoms with Gasteiger partial charge in [0, 0.05) is 53.5 Å². The molecule has 0 aliphatic heterocycles. The zero-order valence-corrected chi connectivity index (χ0v) is 47.4. The van der Waals surface area contributed by atoms with Crippen LogP contribution >= 0.6 is 0 Å². The molecule has 0 aliphatic carbocycles. The second-order valence-electron chi connectivity index (χ2n) is 20.1. The Bertz CT molecular complexity index is 4200. The number of hydrogen-bond acceptors (Lipinski definition) is 6. The number of pyridine rings is 3.